The van der Waals surface area contributed by atoms with Crippen molar-refractivity contribution in [2.45, 2.75) is 19.4 Å². The minimum absolute atomic E-state index is 0.00973. The number of nitrogens with zero attached hydrogens (tertiary/aromatic N) is 4. The number of carboxylic acid groups (broad SMARTS) is 1. The Labute approximate surface area is 119 Å². The van der Waals surface area contributed by atoms with Crippen LogP contribution in [0.3, 0.4) is 0 Å². The number of aliphatic carboxylic acids is 1. The SMILES string of the molecule is Cc1cc([N+](=O)[O-])ccc1-n1cc(CC(N)C(=O)O)nn1. The molecule has 1 heterocycles. The lowest BCUT2D eigenvalue weighted by Crippen LogP contribution is -2.32. The molecule has 0 saturated carbocycles. The van der Waals surface area contributed by atoms with Crippen LogP contribution in [0.4, 0.5) is 5.69 Å². The summed E-state index contributed by atoms with van der Waals surface area (Å²) in [5.74, 6) is -1.11. The van der Waals surface area contributed by atoms with E-state index < -0.39 is 16.9 Å². The van der Waals surface area contributed by atoms with Crippen molar-refractivity contribution in [2.75, 3.05) is 0 Å². The average Bonchev–Trinajstić information content (AvgIpc) is 2.86. The third-order valence-corrected chi connectivity index (χ3v) is 2.93. The van der Waals surface area contributed by atoms with Gasteiger partial charge in [0.2, 0.25) is 0 Å². The maximum Gasteiger partial charge on any atom is 0.320 e. The van der Waals surface area contributed by atoms with E-state index in [0.717, 1.165) is 0 Å². The van der Waals surface area contributed by atoms with Gasteiger partial charge in [0, 0.05) is 18.6 Å². The summed E-state index contributed by atoms with van der Waals surface area (Å²) < 4.78 is 1.43. The van der Waals surface area contributed by atoms with E-state index in [1.54, 1.807) is 19.2 Å². The first kappa shape index (κ1) is 14.6. The molecule has 0 fully saturated rings. The van der Waals surface area contributed by atoms with E-state index in [1.165, 1.54) is 16.8 Å². The highest BCUT2D eigenvalue weighted by molar-refractivity contribution is 5.73. The van der Waals surface area contributed by atoms with Crippen molar-refractivity contribution in [2.24, 2.45) is 5.73 Å². The smallest absolute Gasteiger partial charge is 0.320 e. The van der Waals surface area contributed by atoms with E-state index in [1.807, 2.05) is 0 Å². The Bertz CT molecular complexity index is 697. The van der Waals surface area contributed by atoms with Gasteiger partial charge in [-0.3, -0.25) is 14.9 Å². The van der Waals surface area contributed by atoms with Crippen molar-refractivity contribution >= 4 is 11.7 Å². The summed E-state index contributed by atoms with van der Waals surface area (Å²) in [4.78, 5) is 20.9. The van der Waals surface area contributed by atoms with Gasteiger partial charge < -0.3 is 10.8 Å². The Kier molecular flexibility index (Phi) is 3.94. The van der Waals surface area contributed by atoms with Gasteiger partial charge in [-0.2, -0.15) is 0 Å². The van der Waals surface area contributed by atoms with Crippen LogP contribution in [0.5, 0.6) is 0 Å². The molecule has 0 saturated heterocycles. The highest BCUT2D eigenvalue weighted by Gasteiger charge is 2.16. The highest BCUT2D eigenvalue weighted by Crippen LogP contribution is 2.20. The molecular weight excluding hydrogens is 278 g/mol. The van der Waals surface area contributed by atoms with Crippen LogP contribution in [0, 0.1) is 17.0 Å². The number of carbonyl (C=O) groups is 1. The Morgan fingerprint density at radius 1 is 1.57 bits per heavy atom. The third-order valence-electron chi connectivity index (χ3n) is 2.93. The molecule has 9 nitrogen and oxygen atoms in total. The second-order valence-electron chi connectivity index (χ2n) is 4.53. The van der Waals surface area contributed by atoms with Crippen LogP contribution < -0.4 is 5.73 Å². The number of aryl methyl sites for hydroxylation is 1. The summed E-state index contributed by atoms with van der Waals surface area (Å²) in [6.45, 7) is 1.71. The zero-order valence-corrected chi connectivity index (χ0v) is 11.1. The van der Waals surface area contributed by atoms with Gasteiger partial charge in [-0.15, -0.1) is 5.10 Å². The lowest BCUT2D eigenvalue weighted by Gasteiger charge is -2.04. The maximum atomic E-state index is 10.7. The van der Waals surface area contributed by atoms with Crippen molar-refractivity contribution in [3.8, 4) is 5.69 Å². The predicted molar refractivity (Wildman–Crippen MR) is 72.1 cm³/mol. The van der Waals surface area contributed by atoms with E-state index in [0.29, 0.717) is 16.9 Å². The van der Waals surface area contributed by atoms with Crippen LogP contribution in [0.25, 0.3) is 5.69 Å². The van der Waals surface area contributed by atoms with Crippen LogP contribution in [0.2, 0.25) is 0 Å². The number of nitro groups is 1. The highest BCUT2D eigenvalue weighted by atomic mass is 16.6. The maximum absolute atomic E-state index is 10.7. The van der Waals surface area contributed by atoms with E-state index in [2.05, 4.69) is 10.3 Å². The number of hydrogen-bond acceptors (Lipinski definition) is 6. The van der Waals surface area contributed by atoms with Gasteiger partial charge >= 0.3 is 5.97 Å². The van der Waals surface area contributed by atoms with Crippen molar-refractivity contribution in [3.05, 3.63) is 45.8 Å². The number of rotatable bonds is 5. The Hall–Kier alpha value is -2.81. The number of nitrogens with two attached hydrogens (primary N) is 1. The lowest BCUT2D eigenvalue weighted by atomic mass is 10.1. The second kappa shape index (κ2) is 5.67. The number of non-ortho nitro benzene ring substituents is 1. The molecule has 2 rings (SSSR count). The van der Waals surface area contributed by atoms with Crippen molar-refractivity contribution in [1.82, 2.24) is 15.0 Å². The van der Waals surface area contributed by atoms with Gasteiger partial charge in [0.1, 0.15) is 6.04 Å². The van der Waals surface area contributed by atoms with E-state index >= 15 is 0 Å². The first-order valence-corrected chi connectivity index (χ1v) is 6.03. The summed E-state index contributed by atoms with van der Waals surface area (Å²) in [6, 6.07) is 3.31. The molecule has 1 aromatic carbocycles. The molecule has 1 atom stereocenters. The summed E-state index contributed by atoms with van der Waals surface area (Å²) in [7, 11) is 0. The van der Waals surface area contributed by atoms with Crippen LogP contribution >= 0.6 is 0 Å². The molecular formula is C12H13N5O4. The Morgan fingerprint density at radius 2 is 2.29 bits per heavy atom. The fraction of sp³-hybridized carbons (Fsp3) is 0.250. The molecule has 1 aromatic heterocycles. The van der Waals surface area contributed by atoms with Crippen molar-refractivity contribution in [3.63, 3.8) is 0 Å². The molecule has 0 amide bonds. The monoisotopic (exact) mass is 291 g/mol. The molecule has 3 N–H and O–H groups in total. The summed E-state index contributed by atoms with van der Waals surface area (Å²) in [5, 5.41) is 27.2. The topological polar surface area (TPSA) is 137 Å². The normalized spacial score (nSPS) is 12.1. The average molecular weight is 291 g/mol. The number of nitro benzene ring substituents is 1. The molecule has 1 unspecified atom stereocenters. The summed E-state index contributed by atoms with van der Waals surface area (Å²) >= 11 is 0. The molecule has 0 bridgehead atoms. The van der Waals surface area contributed by atoms with E-state index in [9.17, 15) is 14.9 Å². The molecule has 0 aliphatic heterocycles. The van der Waals surface area contributed by atoms with E-state index in [-0.39, 0.29) is 12.1 Å². The van der Waals surface area contributed by atoms with Gasteiger partial charge in [-0.1, -0.05) is 5.21 Å². The Morgan fingerprint density at radius 3 is 2.86 bits per heavy atom. The minimum atomic E-state index is -1.11. The number of benzene rings is 1. The zero-order valence-electron chi connectivity index (χ0n) is 11.1. The van der Waals surface area contributed by atoms with Crippen LogP contribution in [-0.4, -0.2) is 37.0 Å². The fourth-order valence-electron chi connectivity index (χ4n) is 1.83. The van der Waals surface area contributed by atoms with Gasteiger partial charge in [0.25, 0.3) is 5.69 Å². The van der Waals surface area contributed by atoms with Gasteiger partial charge in [0.05, 0.1) is 22.5 Å². The third kappa shape index (κ3) is 3.20. The van der Waals surface area contributed by atoms with Crippen molar-refractivity contribution < 1.29 is 14.8 Å². The Balaban J connectivity index is 2.25. The standard InChI is InChI=1S/C12H13N5O4/c1-7-4-9(17(20)21)2-3-11(7)16-6-8(14-15-16)5-10(13)12(18)19/h2-4,6,10H,5,13H2,1H3,(H,18,19). The summed E-state index contributed by atoms with van der Waals surface area (Å²) in [5.41, 5.74) is 7.13. The largest absolute Gasteiger partial charge is 0.480 e. The molecule has 9 heteroatoms. The van der Waals surface area contributed by atoms with Crippen LogP contribution in [0.1, 0.15) is 11.3 Å². The summed E-state index contributed by atoms with van der Waals surface area (Å²) in [6.07, 6.45) is 1.61. The molecule has 0 radical (unpaired) electrons. The molecule has 0 aliphatic carbocycles. The first-order valence-electron chi connectivity index (χ1n) is 6.03. The van der Waals surface area contributed by atoms with Crippen molar-refractivity contribution in [1.29, 1.82) is 0 Å². The molecule has 0 aliphatic rings. The number of carboxylic acids is 1. The molecule has 0 spiro atoms. The van der Waals surface area contributed by atoms with Crippen LogP contribution in [0.15, 0.2) is 24.4 Å². The molecule has 21 heavy (non-hydrogen) atoms. The van der Waals surface area contributed by atoms with Gasteiger partial charge in [-0.05, 0) is 18.6 Å². The molecule has 110 valence electrons. The zero-order chi connectivity index (χ0) is 15.6. The lowest BCUT2D eigenvalue weighted by molar-refractivity contribution is -0.384. The van der Waals surface area contributed by atoms with Gasteiger partial charge in [0.15, 0.2) is 0 Å². The quantitative estimate of drug-likeness (QED) is 0.602. The van der Waals surface area contributed by atoms with E-state index in [4.69, 9.17) is 10.8 Å². The predicted octanol–water partition coefficient (Wildman–Crippen LogP) is 0.438. The minimum Gasteiger partial charge on any atom is -0.480 e. The molecule has 2 aromatic rings. The fourth-order valence-corrected chi connectivity index (χ4v) is 1.83. The van der Waals surface area contributed by atoms with Gasteiger partial charge in [-0.25, -0.2) is 4.68 Å². The second-order valence-corrected chi connectivity index (χ2v) is 4.53. The number of aromatic nitrogens is 3. The van der Waals surface area contributed by atoms with Crippen LogP contribution in [-0.2, 0) is 11.2 Å². The first-order chi connectivity index (χ1) is 9.88. The number of hydrogen-bond donors (Lipinski definition) is 2.